The number of para-hydroxylation sites is 2. The monoisotopic (exact) mass is 741 g/mol. The van der Waals surface area contributed by atoms with E-state index in [4.69, 9.17) is 23.8 Å². The molecule has 12 aromatic rings. The van der Waals surface area contributed by atoms with Crippen molar-refractivity contribution in [2.75, 3.05) is 0 Å². The van der Waals surface area contributed by atoms with Gasteiger partial charge in [-0.15, -0.1) is 0 Å². The fourth-order valence-electron chi connectivity index (χ4n) is 8.50. The van der Waals surface area contributed by atoms with Gasteiger partial charge < -0.3 is 8.83 Å². The Kier molecular flexibility index (Phi) is 7.16. The van der Waals surface area contributed by atoms with Crippen molar-refractivity contribution in [3.63, 3.8) is 0 Å². The number of furan rings is 2. The van der Waals surface area contributed by atoms with Crippen LogP contribution < -0.4 is 0 Å². The second-order valence-electron chi connectivity index (χ2n) is 14.8. The Bertz CT molecular complexity index is 3570. The van der Waals surface area contributed by atoms with Crippen molar-refractivity contribution in [2.45, 2.75) is 0 Å². The van der Waals surface area contributed by atoms with Crippen molar-refractivity contribution < 1.29 is 8.83 Å². The number of aromatic nitrogens is 3. The molecule has 12 rings (SSSR count). The van der Waals surface area contributed by atoms with Gasteiger partial charge in [-0.05, 0) is 74.6 Å². The molecule has 0 N–H and O–H groups in total. The maximum atomic E-state index is 6.60. The van der Waals surface area contributed by atoms with Crippen LogP contribution in [0, 0.1) is 0 Å². The van der Waals surface area contributed by atoms with E-state index in [1.165, 1.54) is 16.2 Å². The molecule has 0 saturated heterocycles. The van der Waals surface area contributed by atoms with Crippen LogP contribution in [0.5, 0.6) is 0 Å². The van der Waals surface area contributed by atoms with Gasteiger partial charge in [-0.2, -0.15) is 0 Å². The summed E-state index contributed by atoms with van der Waals surface area (Å²) < 4.78 is 13.0. The lowest BCUT2D eigenvalue weighted by Crippen LogP contribution is -2.00. The molecule has 5 heteroatoms. The van der Waals surface area contributed by atoms with E-state index in [0.717, 1.165) is 88.2 Å². The SMILES string of the molecule is c1ccc(-c2nc(-c3ccc(-c4c(-c5ccc6ccccc6c5)ccc5oc6cc7ccccc7cc6c45)cc3)nc(-c3cccc4c3oc3ccccc34)n2)cc1. The predicted molar refractivity (Wildman–Crippen MR) is 237 cm³/mol. The number of hydrogen-bond acceptors (Lipinski definition) is 5. The van der Waals surface area contributed by atoms with Gasteiger partial charge in [0.05, 0.1) is 5.56 Å². The molecule has 0 saturated carbocycles. The summed E-state index contributed by atoms with van der Waals surface area (Å²) in [7, 11) is 0. The maximum absolute atomic E-state index is 6.60. The minimum Gasteiger partial charge on any atom is -0.456 e. The fourth-order valence-corrected chi connectivity index (χ4v) is 8.50. The number of benzene rings is 9. The van der Waals surface area contributed by atoms with Gasteiger partial charge in [0.2, 0.25) is 0 Å². The average Bonchev–Trinajstić information content (AvgIpc) is 3.86. The van der Waals surface area contributed by atoms with Crippen LogP contribution in [0.25, 0.3) is 122 Å². The Morgan fingerprint density at radius 3 is 1.74 bits per heavy atom. The van der Waals surface area contributed by atoms with Crippen molar-refractivity contribution in [1.82, 2.24) is 15.0 Å². The van der Waals surface area contributed by atoms with Gasteiger partial charge >= 0.3 is 0 Å². The number of fused-ring (bicyclic) bond motifs is 8. The zero-order valence-corrected chi connectivity index (χ0v) is 31.1. The van der Waals surface area contributed by atoms with E-state index in [9.17, 15) is 0 Å². The van der Waals surface area contributed by atoms with E-state index in [2.05, 4.69) is 127 Å². The topological polar surface area (TPSA) is 65.0 Å². The third-order valence-corrected chi connectivity index (χ3v) is 11.3. The zero-order valence-electron chi connectivity index (χ0n) is 31.1. The summed E-state index contributed by atoms with van der Waals surface area (Å²) in [6.07, 6.45) is 0. The van der Waals surface area contributed by atoms with Crippen molar-refractivity contribution in [1.29, 1.82) is 0 Å². The van der Waals surface area contributed by atoms with Crippen molar-refractivity contribution in [3.8, 4) is 56.4 Å². The highest BCUT2D eigenvalue weighted by Gasteiger charge is 2.21. The van der Waals surface area contributed by atoms with E-state index in [1.807, 2.05) is 60.7 Å². The lowest BCUT2D eigenvalue weighted by Gasteiger charge is -2.14. The standard InChI is InChI=1S/C53H31N3O2/c1-2-12-34(13-3-1)51-54-52(56-53(55-51)43-19-10-18-42-41-17-8-9-20-45(41)58-50(42)43)35-24-22-33(23-25-35)48-40(39-26-21-32-11-4-5-14-36(32)29-39)27-28-46-49(48)44-30-37-15-6-7-16-38(37)31-47(44)57-46/h1-31H. The summed E-state index contributed by atoms with van der Waals surface area (Å²) >= 11 is 0. The van der Waals surface area contributed by atoms with Gasteiger partial charge in [0.1, 0.15) is 22.3 Å². The molecular weight excluding hydrogens is 711 g/mol. The lowest BCUT2D eigenvalue weighted by atomic mass is 9.89. The summed E-state index contributed by atoms with van der Waals surface area (Å²) in [6.45, 7) is 0. The maximum Gasteiger partial charge on any atom is 0.167 e. The predicted octanol–water partition coefficient (Wildman–Crippen LogP) is 14.3. The molecule has 0 aliphatic rings. The summed E-state index contributed by atoms with van der Waals surface area (Å²) in [4.78, 5) is 15.2. The molecule has 0 atom stereocenters. The van der Waals surface area contributed by atoms with Crippen molar-refractivity contribution >= 4 is 65.4 Å². The summed E-state index contributed by atoms with van der Waals surface area (Å²) in [6, 6.07) is 65.3. The smallest absolute Gasteiger partial charge is 0.167 e. The Labute approximate surface area is 332 Å². The van der Waals surface area contributed by atoms with Gasteiger partial charge in [0.25, 0.3) is 0 Å². The van der Waals surface area contributed by atoms with Crippen LogP contribution in [-0.2, 0) is 0 Å². The largest absolute Gasteiger partial charge is 0.456 e. The highest BCUT2D eigenvalue weighted by molar-refractivity contribution is 6.18. The molecule has 3 heterocycles. The van der Waals surface area contributed by atoms with Gasteiger partial charge in [-0.1, -0.05) is 152 Å². The second kappa shape index (κ2) is 12.8. The summed E-state index contributed by atoms with van der Waals surface area (Å²) in [5.74, 6) is 1.73. The van der Waals surface area contributed by atoms with E-state index in [0.29, 0.717) is 17.5 Å². The first kappa shape index (κ1) is 32.4. The molecule has 58 heavy (non-hydrogen) atoms. The van der Waals surface area contributed by atoms with Crippen molar-refractivity contribution in [2.24, 2.45) is 0 Å². The van der Waals surface area contributed by atoms with Crippen LogP contribution in [0.4, 0.5) is 0 Å². The molecule has 0 spiro atoms. The molecule has 0 radical (unpaired) electrons. The average molecular weight is 742 g/mol. The quantitative estimate of drug-likeness (QED) is 0.176. The molecule has 0 fully saturated rings. The molecule has 0 bridgehead atoms. The zero-order chi connectivity index (χ0) is 38.2. The van der Waals surface area contributed by atoms with Crippen LogP contribution in [0.2, 0.25) is 0 Å². The molecular formula is C53H31N3O2. The third kappa shape index (κ3) is 5.21. The Morgan fingerprint density at radius 2 is 0.931 bits per heavy atom. The van der Waals surface area contributed by atoms with Gasteiger partial charge in [0, 0.05) is 38.2 Å². The minimum atomic E-state index is 0.554. The molecule has 0 aliphatic carbocycles. The first-order valence-electron chi connectivity index (χ1n) is 19.4. The second-order valence-corrected chi connectivity index (χ2v) is 14.8. The molecule has 0 aliphatic heterocycles. The van der Waals surface area contributed by atoms with Gasteiger partial charge in [-0.3, -0.25) is 0 Å². The van der Waals surface area contributed by atoms with E-state index in [-0.39, 0.29) is 0 Å². The van der Waals surface area contributed by atoms with Crippen LogP contribution in [-0.4, -0.2) is 15.0 Å². The first-order chi connectivity index (χ1) is 28.7. The van der Waals surface area contributed by atoms with Crippen LogP contribution in [0.15, 0.2) is 197 Å². The van der Waals surface area contributed by atoms with E-state index >= 15 is 0 Å². The first-order valence-corrected chi connectivity index (χ1v) is 19.4. The highest BCUT2D eigenvalue weighted by atomic mass is 16.3. The molecule has 270 valence electrons. The number of hydrogen-bond donors (Lipinski definition) is 0. The summed E-state index contributed by atoms with van der Waals surface area (Å²) in [5.41, 5.74) is 10.4. The molecule has 3 aromatic heterocycles. The molecule has 9 aromatic carbocycles. The molecule has 0 unspecified atom stereocenters. The Morgan fingerprint density at radius 1 is 0.310 bits per heavy atom. The highest BCUT2D eigenvalue weighted by Crippen LogP contribution is 2.45. The Balaban J connectivity index is 1.06. The third-order valence-electron chi connectivity index (χ3n) is 11.3. The van der Waals surface area contributed by atoms with Crippen LogP contribution in [0.3, 0.4) is 0 Å². The lowest BCUT2D eigenvalue weighted by molar-refractivity contribution is 0.669. The van der Waals surface area contributed by atoms with Gasteiger partial charge in [-0.25, -0.2) is 15.0 Å². The van der Waals surface area contributed by atoms with E-state index in [1.54, 1.807) is 0 Å². The number of nitrogens with zero attached hydrogens (tertiary/aromatic N) is 3. The summed E-state index contributed by atoms with van der Waals surface area (Å²) in [5, 5.41) is 8.99. The minimum absolute atomic E-state index is 0.554. The van der Waals surface area contributed by atoms with E-state index < -0.39 is 0 Å². The normalized spacial score (nSPS) is 11.8. The molecule has 0 amide bonds. The fraction of sp³-hybridized carbons (Fsp3) is 0. The van der Waals surface area contributed by atoms with Crippen LogP contribution >= 0.6 is 0 Å². The Hall–Kier alpha value is -7.89. The molecule has 5 nitrogen and oxygen atoms in total. The number of rotatable bonds is 5. The van der Waals surface area contributed by atoms with Gasteiger partial charge in [0.15, 0.2) is 17.5 Å². The van der Waals surface area contributed by atoms with Crippen LogP contribution in [0.1, 0.15) is 0 Å². The van der Waals surface area contributed by atoms with Crippen molar-refractivity contribution in [3.05, 3.63) is 188 Å².